The first-order valence-corrected chi connectivity index (χ1v) is 8.45. The van der Waals surface area contributed by atoms with Crippen molar-refractivity contribution in [3.05, 3.63) is 18.2 Å². The first-order chi connectivity index (χ1) is 9.51. The molecule has 6 heteroatoms. The van der Waals surface area contributed by atoms with Gasteiger partial charge in [-0.15, -0.1) is 0 Å². The molecular formula is C14H20N2O3S. The van der Waals surface area contributed by atoms with E-state index in [1.54, 1.807) is 6.07 Å². The Labute approximate surface area is 119 Å². The smallest absolute Gasteiger partial charge is 0.240 e. The topological polar surface area (TPSA) is 81.4 Å². The minimum Gasteiger partial charge on any atom is -0.495 e. The number of hydrogen-bond acceptors (Lipinski definition) is 4. The highest BCUT2D eigenvalue weighted by Crippen LogP contribution is 2.45. The maximum Gasteiger partial charge on any atom is 0.240 e. The van der Waals surface area contributed by atoms with E-state index in [0.717, 1.165) is 25.7 Å². The summed E-state index contributed by atoms with van der Waals surface area (Å²) in [6, 6.07) is 4.67. The summed E-state index contributed by atoms with van der Waals surface area (Å²) in [4.78, 5) is 0.217. The number of benzene rings is 1. The van der Waals surface area contributed by atoms with Gasteiger partial charge in [0.25, 0.3) is 0 Å². The molecule has 0 spiro atoms. The van der Waals surface area contributed by atoms with E-state index < -0.39 is 10.0 Å². The quantitative estimate of drug-likeness (QED) is 0.784. The molecule has 0 heterocycles. The minimum absolute atomic E-state index is 0.101. The van der Waals surface area contributed by atoms with E-state index in [1.165, 1.54) is 19.2 Å². The van der Waals surface area contributed by atoms with Crippen LogP contribution in [0.2, 0.25) is 0 Å². The summed E-state index contributed by atoms with van der Waals surface area (Å²) in [5, 5.41) is 0. The van der Waals surface area contributed by atoms with Crippen molar-refractivity contribution in [3.63, 3.8) is 0 Å². The molecule has 20 heavy (non-hydrogen) atoms. The Morgan fingerprint density at radius 2 is 1.85 bits per heavy atom. The molecule has 0 unspecified atom stereocenters. The molecule has 3 N–H and O–H groups in total. The molecule has 0 aromatic heterocycles. The van der Waals surface area contributed by atoms with Gasteiger partial charge in [0.15, 0.2) is 0 Å². The van der Waals surface area contributed by atoms with Gasteiger partial charge in [0.1, 0.15) is 5.75 Å². The molecule has 0 radical (unpaired) electrons. The summed E-state index contributed by atoms with van der Waals surface area (Å²) < 4.78 is 32.9. The zero-order valence-electron chi connectivity index (χ0n) is 11.5. The fourth-order valence-corrected chi connectivity index (χ4v) is 3.98. The summed E-state index contributed by atoms with van der Waals surface area (Å²) in [5.41, 5.74) is 6.16. The van der Waals surface area contributed by atoms with Crippen molar-refractivity contribution in [3.8, 4) is 5.75 Å². The second-order valence-corrected chi connectivity index (χ2v) is 7.44. The van der Waals surface area contributed by atoms with E-state index in [4.69, 9.17) is 10.5 Å². The molecule has 2 aliphatic rings. The molecule has 0 atom stereocenters. The number of sulfonamides is 1. The molecule has 0 aliphatic heterocycles. The van der Waals surface area contributed by atoms with Crippen LogP contribution in [0.3, 0.4) is 0 Å². The Hall–Kier alpha value is -1.27. The number of nitrogens with two attached hydrogens (primary N) is 1. The number of nitrogens with one attached hydrogen (secondary N) is 1. The number of ether oxygens (including phenoxy) is 1. The Kier molecular flexibility index (Phi) is 3.38. The highest BCUT2D eigenvalue weighted by molar-refractivity contribution is 7.89. The molecule has 110 valence electrons. The Morgan fingerprint density at radius 1 is 1.25 bits per heavy atom. The van der Waals surface area contributed by atoms with Gasteiger partial charge in [-0.05, 0) is 49.7 Å². The molecule has 1 aromatic carbocycles. The summed E-state index contributed by atoms with van der Waals surface area (Å²) in [6.07, 6.45) is 4.53. The van der Waals surface area contributed by atoms with Gasteiger partial charge in [0.2, 0.25) is 10.0 Å². The fraction of sp³-hybridized carbons (Fsp3) is 0.571. The number of nitrogen functional groups attached to an aromatic ring is 1. The van der Waals surface area contributed by atoms with Gasteiger partial charge in [-0.2, -0.15) is 0 Å². The largest absolute Gasteiger partial charge is 0.495 e. The average molecular weight is 296 g/mol. The Balaban J connectivity index is 1.83. The molecule has 0 amide bonds. The zero-order chi connectivity index (χ0) is 14.3. The van der Waals surface area contributed by atoms with Crippen LogP contribution in [0.4, 0.5) is 5.69 Å². The summed E-state index contributed by atoms with van der Waals surface area (Å²) in [7, 11) is -2.03. The molecular weight excluding hydrogens is 276 g/mol. The van der Waals surface area contributed by atoms with Gasteiger partial charge in [-0.3, -0.25) is 0 Å². The van der Waals surface area contributed by atoms with Crippen molar-refractivity contribution in [2.45, 2.75) is 36.6 Å². The lowest BCUT2D eigenvalue weighted by Crippen LogP contribution is -2.38. The highest BCUT2D eigenvalue weighted by Gasteiger charge is 2.43. The molecule has 0 saturated heterocycles. The molecule has 2 saturated carbocycles. The second-order valence-electron chi connectivity index (χ2n) is 5.73. The molecule has 0 bridgehead atoms. The second kappa shape index (κ2) is 4.93. The van der Waals surface area contributed by atoms with Crippen LogP contribution in [-0.2, 0) is 10.0 Å². The lowest BCUT2D eigenvalue weighted by Gasteiger charge is -2.18. The number of hydrogen-bond donors (Lipinski definition) is 2. The van der Waals surface area contributed by atoms with Gasteiger partial charge in [-0.1, -0.05) is 0 Å². The zero-order valence-corrected chi connectivity index (χ0v) is 12.3. The predicted octanol–water partition coefficient (Wildman–Crippen LogP) is 1.74. The van der Waals surface area contributed by atoms with E-state index in [-0.39, 0.29) is 10.9 Å². The van der Waals surface area contributed by atoms with Crippen LogP contribution in [0.15, 0.2) is 23.1 Å². The maximum atomic E-state index is 12.5. The van der Waals surface area contributed by atoms with Crippen molar-refractivity contribution in [2.24, 2.45) is 11.8 Å². The lowest BCUT2D eigenvalue weighted by molar-refractivity contribution is 0.415. The number of rotatable bonds is 6. The van der Waals surface area contributed by atoms with E-state index in [2.05, 4.69) is 4.72 Å². The highest BCUT2D eigenvalue weighted by atomic mass is 32.2. The van der Waals surface area contributed by atoms with Crippen LogP contribution in [0, 0.1) is 11.8 Å². The van der Waals surface area contributed by atoms with E-state index in [1.807, 2.05) is 0 Å². The van der Waals surface area contributed by atoms with Crippen LogP contribution in [0.1, 0.15) is 25.7 Å². The molecule has 3 rings (SSSR count). The van der Waals surface area contributed by atoms with E-state index in [9.17, 15) is 8.42 Å². The SMILES string of the molecule is COc1cc(S(=O)(=O)NC(C2CC2)C2CC2)ccc1N. The summed E-state index contributed by atoms with van der Waals surface area (Å²) >= 11 is 0. The Bertz CT molecular complexity index is 595. The lowest BCUT2D eigenvalue weighted by atomic mass is 10.1. The number of methoxy groups -OCH3 is 1. The normalized spacial score (nSPS) is 19.3. The molecule has 1 aromatic rings. The van der Waals surface area contributed by atoms with E-state index in [0.29, 0.717) is 23.3 Å². The van der Waals surface area contributed by atoms with Crippen molar-refractivity contribution in [2.75, 3.05) is 12.8 Å². The van der Waals surface area contributed by atoms with Gasteiger partial charge >= 0.3 is 0 Å². The van der Waals surface area contributed by atoms with Crippen LogP contribution < -0.4 is 15.2 Å². The molecule has 2 aliphatic carbocycles. The van der Waals surface area contributed by atoms with Crippen LogP contribution in [-0.4, -0.2) is 21.6 Å². The third-order valence-electron chi connectivity index (χ3n) is 4.07. The monoisotopic (exact) mass is 296 g/mol. The minimum atomic E-state index is -3.50. The van der Waals surface area contributed by atoms with Gasteiger partial charge < -0.3 is 10.5 Å². The summed E-state index contributed by atoms with van der Waals surface area (Å²) in [6.45, 7) is 0. The van der Waals surface area contributed by atoms with Crippen LogP contribution in [0.5, 0.6) is 5.75 Å². The first-order valence-electron chi connectivity index (χ1n) is 6.97. The third kappa shape index (κ3) is 2.76. The average Bonchev–Trinajstić information content (AvgIpc) is 3.29. The van der Waals surface area contributed by atoms with Crippen LogP contribution >= 0.6 is 0 Å². The van der Waals surface area contributed by atoms with Crippen molar-refractivity contribution < 1.29 is 13.2 Å². The standard InChI is InChI=1S/C14H20N2O3S/c1-19-13-8-11(6-7-12(13)15)20(17,18)16-14(9-2-3-9)10-4-5-10/h6-10,14,16H,2-5,15H2,1H3. The maximum absolute atomic E-state index is 12.5. The van der Waals surface area contributed by atoms with Gasteiger partial charge in [-0.25, -0.2) is 13.1 Å². The fourth-order valence-electron chi connectivity index (χ4n) is 2.59. The third-order valence-corrected chi connectivity index (χ3v) is 5.52. The van der Waals surface area contributed by atoms with Crippen molar-refractivity contribution in [1.82, 2.24) is 4.72 Å². The van der Waals surface area contributed by atoms with Crippen molar-refractivity contribution in [1.29, 1.82) is 0 Å². The molecule has 2 fully saturated rings. The van der Waals surface area contributed by atoms with E-state index >= 15 is 0 Å². The first kappa shape index (κ1) is 13.7. The van der Waals surface area contributed by atoms with Gasteiger partial charge in [0.05, 0.1) is 17.7 Å². The van der Waals surface area contributed by atoms with Gasteiger partial charge in [0, 0.05) is 12.1 Å². The summed E-state index contributed by atoms with van der Waals surface area (Å²) in [5.74, 6) is 1.43. The molecule has 5 nitrogen and oxygen atoms in total. The predicted molar refractivity (Wildman–Crippen MR) is 77.0 cm³/mol. The number of anilines is 1. The van der Waals surface area contributed by atoms with Crippen LogP contribution in [0.25, 0.3) is 0 Å². The van der Waals surface area contributed by atoms with Crippen molar-refractivity contribution >= 4 is 15.7 Å². The Morgan fingerprint density at radius 3 is 2.35 bits per heavy atom.